The van der Waals surface area contributed by atoms with E-state index in [1.807, 2.05) is 78.6 Å². The molecule has 1 aromatic heterocycles. The van der Waals surface area contributed by atoms with E-state index in [9.17, 15) is 24.0 Å². The molecule has 0 bridgehead atoms. The molecule has 372 valence electrons. The predicted molar refractivity (Wildman–Crippen MR) is 265 cm³/mol. The number of benzene rings is 3. The maximum Gasteiger partial charge on any atom is 0.262 e. The van der Waals surface area contributed by atoms with Gasteiger partial charge in [0.25, 0.3) is 5.56 Å². The van der Waals surface area contributed by atoms with Crippen LogP contribution in [0.5, 0.6) is 0 Å². The summed E-state index contributed by atoms with van der Waals surface area (Å²) in [6, 6.07) is 20.9. The van der Waals surface area contributed by atoms with Crippen LogP contribution in [-0.4, -0.2) is 142 Å². The van der Waals surface area contributed by atoms with E-state index in [1.165, 1.54) is 11.8 Å². The Bertz CT molecular complexity index is 2220. The number of hydrogen-bond donors (Lipinski definition) is 3. The standard InChI is InChI=1S/C50H69ClN6O10S/c1-2-56-48(61)42-35-39-15-8-9-16-40(39)36-43(42)55-50(56)68-47(38-13-6-5-7-14-38)49(62)57-24-12-17-41(57)37-54-45(59)19-18-44(58)52-22-27-66-32-34-67-33-30-64-26-20-46(60)53-23-28-65-31-29-63-25-11-4-3-10-21-51/h5-9,13-16,35-36,41,47H,2-4,10-12,17-34,37H2,1H3,(H,52,58)(H,53,60)(H,54,59)/t41-,47?/m0/s1. The van der Waals surface area contributed by atoms with Crippen molar-refractivity contribution in [2.45, 2.75) is 87.7 Å². The number of carbonyl (C=O) groups is 4. The van der Waals surface area contributed by atoms with Crippen molar-refractivity contribution >= 4 is 68.7 Å². The van der Waals surface area contributed by atoms with Gasteiger partial charge in [-0.2, -0.15) is 0 Å². The summed E-state index contributed by atoms with van der Waals surface area (Å²) >= 11 is 6.94. The highest BCUT2D eigenvalue weighted by Gasteiger charge is 2.35. The smallest absolute Gasteiger partial charge is 0.262 e. The molecule has 16 nitrogen and oxygen atoms in total. The number of likely N-dealkylation sites (tertiary alicyclic amines) is 1. The Hall–Kier alpha value is -4.62. The summed E-state index contributed by atoms with van der Waals surface area (Å²) in [4.78, 5) is 72.3. The van der Waals surface area contributed by atoms with Crippen molar-refractivity contribution in [2.24, 2.45) is 0 Å². The first-order chi connectivity index (χ1) is 33.3. The number of alkyl halides is 1. The third-order valence-electron chi connectivity index (χ3n) is 11.3. The second kappa shape index (κ2) is 31.5. The number of carbonyl (C=O) groups excluding carboxylic acids is 4. The Morgan fingerprint density at radius 1 is 0.706 bits per heavy atom. The van der Waals surface area contributed by atoms with Gasteiger partial charge in [0, 0.05) is 70.5 Å². The van der Waals surface area contributed by atoms with E-state index in [-0.39, 0.29) is 67.6 Å². The molecule has 1 aliphatic heterocycles. The summed E-state index contributed by atoms with van der Waals surface area (Å²) in [6.45, 7) is 8.00. The first kappa shape index (κ1) is 54.3. The molecule has 2 atom stereocenters. The maximum atomic E-state index is 14.5. The van der Waals surface area contributed by atoms with Gasteiger partial charge in [0.05, 0.1) is 70.4 Å². The molecule has 5 rings (SSSR count). The van der Waals surface area contributed by atoms with Crippen LogP contribution >= 0.6 is 23.4 Å². The number of aromatic nitrogens is 2. The zero-order valence-electron chi connectivity index (χ0n) is 39.4. The number of unbranched alkanes of at least 4 members (excludes halogenated alkanes) is 3. The third kappa shape index (κ3) is 18.7. The highest BCUT2D eigenvalue weighted by atomic mass is 35.5. The first-order valence-corrected chi connectivity index (χ1v) is 25.4. The van der Waals surface area contributed by atoms with Crippen LogP contribution in [0.3, 0.4) is 0 Å². The fourth-order valence-electron chi connectivity index (χ4n) is 7.67. The molecule has 68 heavy (non-hydrogen) atoms. The number of halogens is 1. The van der Waals surface area contributed by atoms with Crippen LogP contribution in [-0.2, 0) is 49.4 Å². The monoisotopic (exact) mass is 980 g/mol. The summed E-state index contributed by atoms with van der Waals surface area (Å²) in [5, 5.41) is 10.8. The molecule has 0 spiro atoms. The highest BCUT2D eigenvalue weighted by molar-refractivity contribution is 8.00. The van der Waals surface area contributed by atoms with Crippen LogP contribution in [0, 0.1) is 0 Å². The molecule has 1 saturated heterocycles. The van der Waals surface area contributed by atoms with Crippen LogP contribution in [0.25, 0.3) is 21.7 Å². The molecule has 3 aromatic carbocycles. The van der Waals surface area contributed by atoms with Crippen LogP contribution in [0.4, 0.5) is 0 Å². The number of ether oxygens (including phenoxy) is 5. The number of amides is 4. The second-order valence-corrected chi connectivity index (χ2v) is 17.8. The molecular weight excluding hydrogens is 912 g/mol. The fraction of sp³-hybridized carbons (Fsp3) is 0.560. The molecule has 0 aliphatic carbocycles. The molecule has 1 unspecified atom stereocenters. The third-order valence-corrected chi connectivity index (χ3v) is 12.8. The van der Waals surface area contributed by atoms with Crippen molar-refractivity contribution in [3.8, 4) is 0 Å². The Morgan fingerprint density at radius 2 is 1.28 bits per heavy atom. The Kier molecular flexibility index (Phi) is 25.2. The molecule has 4 amide bonds. The van der Waals surface area contributed by atoms with Crippen molar-refractivity contribution < 1.29 is 42.9 Å². The second-order valence-electron chi connectivity index (χ2n) is 16.3. The van der Waals surface area contributed by atoms with Crippen molar-refractivity contribution in [1.29, 1.82) is 0 Å². The van der Waals surface area contributed by atoms with Crippen molar-refractivity contribution in [2.75, 3.05) is 98.1 Å². The van der Waals surface area contributed by atoms with Gasteiger partial charge in [-0.1, -0.05) is 79.2 Å². The molecular formula is C50H69ClN6O10S. The fourth-order valence-corrected chi connectivity index (χ4v) is 9.09. The number of thioether (sulfide) groups is 1. The van der Waals surface area contributed by atoms with Crippen LogP contribution in [0.1, 0.15) is 75.5 Å². The van der Waals surface area contributed by atoms with Gasteiger partial charge in [-0.15, -0.1) is 11.6 Å². The number of hydrogen-bond acceptors (Lipinski definition) is 12. The molecule has 3 N–H and O–H groups in total. The Morgan fingerprint density at radius 3 is 1.94 bits per heavy atom. The summed E-state index contributed by atoms with van der Waals surface area (Å²) in [5.74, 6) is -0.0363. The largest absolute Gasteiger partial charge is 0.379 e. The predicted octanol–water partition coefficient (Wildman–Crippen LogP) is 5.80. The number of nitrogens with one attached hydrogen (secondary N) is 3. The number of nitrogens with zero attached hydrogens (tertiary/aromatic N) is 3. The molecule has 2 heterocycles. The summed E-state index contributed by atoms with van der Waals surface area (Å²) < 4.78 is 29.1. The Labute approximate surface area is 408 Å². The molecule has 4 aromatic rings. The van der Waals surface area contributed by atoms with Gasteiger partial charge < -0.3 is 44.5 Å². The van der Waals surface area contributed by atoms with Gasteiger partial charge in [-0.25, -0.2) is 4.98 Å². The Balaban J connectivity index is 0.906. The molecule has 1 aliphatic rings. The van der Waals surface area contributed by atoms with Gasteiger partial charge in [0.15, 0.2) is 5.16 Å². The molecule has 0 radical (unpaired) electrons. The molecule has 1 fully saturated rings. The van der Waals surface area contributed by atoms with E-state index in [0.29, 0.717) is 101 Å². The summed E-state index contributed by atoms with van der Waals surface area (Å²) in [6.07, 6.45) is 6.12. The molecule has 0 saturated carbocycles. The summed E-state index contributed by atoms with van der Waals surface area (Å²) in [7, 11) is 0. The lowest BCUT2D eigenvalue weighted by atomic mass is 10.1. The minimum absolute atomic E-state index is 0.0100. The lowest BCUT2D eigenvalue weighted by Gasteiger charge is -2.29. The van der Waals surface area contributed by atoms with E-state index < -0.39 is 5.25 Å². The maximum absolute atomic E-state index is 14.5. The topological polar surface area (TPSA) is 189 Å². The van der Waals surface area contributed by atoms with Crippen LogP contribution < -0.4 is 21.5 Å². The van der Waals surface area contributed by atoms with Gasteiger partial charge in [0.2, 0.25) is 23.6 Å². The minimum Gasteiger partial charge on any atom is -0.379 e. The van der Waals surface area contributed by atoms with E-state index in [1.54, 1.807) is 4.57 Å². The highest BCUT2D eigenvalue weighted by Crippen LogP contribution is 2.38. The van der Waals surface area contributed by atoms with Gasteiger partial charge >= 0.3 is 0 Å². The van der Waals surface area contributed by atoms with Crippen molar-refractivity contribution in [3.63, 3.8) is 0 Å². The van der Waals surface area contributed by atoms with E-state index in [4.69, 9.17) is 40.3 Å². The SMILES string of the molecule is CCn1c(SC(C(=O)N2CCC[C@H]2CNC(=O)CCC(=O)NCCOCCOCCOCCC(=O)NCCOCCOCCCCCCCl)c2ccccc2)nc2cc3ccccc3cc2c1=O. The summed E-state index contributed by atoms with van der Waals surface area (Å²) in [5.41, 5.74) is 1.23. The zero-order valence-corrected chi connectivity index (χ0v) is 41.0. The van der Waals surface area contributed by atoms with E-state index >= 15 is 0 Å². The first-order valence-electron chi connectivity index (χ1n) is 24.0. The van der Waals surface area contributed by atoms with Gasteiger partial charge in [-0.3, -0.25) is 28.5 Å². The minimum atomic E-state index is -0.673. The molecule has 18 heteroatoms. The average molecular weight is 982 g/mol. The lowest BCUT2D eigenvalue weighted by Crippen LogP contribution is -2.44. The zero-order chi connectivity index (χ0) is 48.2. The number of fused-ring (bicyclic) bond motifs is 2. The number of rotatable bonds is 34. The normalized spacial score (nSPS) is 14.1. The van der Waals surface area contributed by atoms with Crippen LogP contribution in [0.2, 0.25) is 0 Å². The van der Waals surface area contributed by atoms with Crippen LogP contribution in [0.15, 0.2) is 76.7 Å². The lowest BCUT2D eigenvalue weighted by molar-refractivity contribution is -0.132. The average Bonchev–Trinajstić information content (AvgIpc) is 3.83. The van der Waals surface area contributed by atoms with E-state index in [2.05, 4.69) is 16.0 Å². The van der Waals surface area contributed by atoms with Gasteiger partial charge in [0.1, 0.15) is 5.25 Å². The quantitative estimate of drug-likeness (QED) is 0.0168. The van der Waals surface area contributed by atoms with Crippen molar-refractivity contribution in [1.82, 2.24) is 30.4 Å². The van der Waals surface area contributed by atoms with E-state index in [0.717, 1.165) is 61.5 Å². The van der Waals surface area contributed by atoms with Gasteiger partial charge in [-0.05, 0) is 61.1 Å². The van der Waals surface area contributed by atoms with Crippen molar-refractivity contribution in [3.05, 3.63) is 82.6 Å².